The van der Waals surface area contributed by atoms with E-state index >= 15 is 0 Å². The van der Waals surface area contributed by atoms with Crippen LogP contribution in [0.3, 0.4) is 0 Å². The maximum atomic E-state index is 11.8. The molecule has 0 spiro atoms. The molecule has 0 N–H and O–H groups in total. The van der Waals surface area contributed by atoms with Gasteiger partial charge < -0.3 is 14.2 Å². The van der Waals surface area contributed by atoms with Gasteiger partial charge in [-0.1, -0.05) is 27.7 Å². The summed E-state index contributed by atoms with van der Waals surface area (Å²) in [6, 6.07) is 0. The standard InChI is InChI=1S/C16H28O5/c1-7-11(17)9-13-16(3,4)10(2)8-12(21-13)14(19-5)15(18)20-6/h10,12-14H,7-9H2,1-6H3. The molecule has 1 aliphatic heterocycles. The second-order valence-electron chi connectivity index (χ2n) is 6.40. The molecule has 1 heterocycles. The smallest absolute Gasteiger partial charge is 0.337 e. The number of rotatable bonds is 6. The Morgan fingerprint density at radius 3 is 2.43 bits per heavy atom. The van der Waals surface area contributed by atoms with Crippen molar-refractivity contribution in [3.63, 3.8) is 0 Å². The van der Waals surface area contributed by atoms with Gasteiger partial charge in [0.1, 0.15) is 5.78 Å². The molecule has 0 aromatic carbocycles. The molecule has 1 fully saturated rings. The average Bonchev–Trinajstić information content (AvgIpc) is 2.44. The van der Waals surface area contributed by atoms with Gasteiger partial charge in [-0.3, -0.25) is 4.79 Å². The molecule has 5 nitrogen and oxygen atoms in total. The number of methoxy groups -OCH3 is 2. The van der Waals surface area contributed by atoms with Gasteiger partial charge in [0.15, 0.2) is 6.10 Å². The molecule has 4 atom stereocenters. The van der Waals surface area contributed by atoms with Gasteiger partial charge in [0.2, 0.25) is 0 Å². The fourth-order valence-electron chi connectivity index (χ4n) is 2.78. The summed E-state index contributed by atoms with van der Waals surface area (Å²) in [4.78, 5) is 23.6. The van der Waals surface area contributed by atoms with Crippen LogP contribution in [0.4, 0.5) is 0 Å². The molecule has 21 heavy (non-hydrogen) atoms. The minimum atomic E-state index is -0.743. The van der Waals surface area contributed by atoms with Gasteiger partial charge in [0, 0.05) is 20.0 Å². The van der Waals surface area contributed by atoms with E-state index in [4.69, 9.17) is 14.2 Å². The Morgan fingerprint density at radius 2 is 1.95 bits per heavy atom. The highest BCUT2D eigenvalue weighted by atomic mass is 16.6. The lowest BCUT2D eigenvalue weighted by atomic mass is 9.69. The Balaban J connectivity index is 2.91. The minimum Gasteiger partial charge on any atom is -0.467 e. The SMILES string of the molecule is CCC(=O)CC1OC(C(OC)C(=O)OC)CC(C)C1(C)C. The number of Topliss-reactive ketones (excluding diaryl/α,β-unsaturated/α-hetero) is 1. The molecule has 0 aromatic heterocycles. The van der Waals surface area contributed by atoms with E-state index in [2.05, 4.69) is 20.8 Å². The van der Waals surface area contributed by atoms with Crippen molar-refractivity contribution in [1.82, 2.24) is 0 Å². The quantitative estimate of drug-likeness (QED) is 0.705. The number of ether oxygens (including phenoxy) is 3. The Hall–Kier alpha value is -0.940. The van der Waals surface area contributed by atoms with E-state index in [0.29, 0.717) is 25.2 Å². The van der Waals surface area contributed by atoms with Crippen molar-refractivity contribution in [2.24, 2.45) is 11.3 Å². The van der Waals surface area contributed by atoms with E-state index in [0.717, 1.165) is 0 Å². The van der Waals surface area contributed by atoms with E-state index in [1.54, 1.807) is 0 Å². The summed E-state index contributed by atoms with van der Waals surface area (Å²) in [6.07, 6.45) is 0.257. The van der Waals surface area contributed by atoms with Gasteiger partial charge in [-0.15, -0.1) is 0 Å². The summed E-state index contributed by atoms with van der Waals surface area (Å²) < 4.78 is 16.1. The van der Waals surface area contributed by atoms with Crippen LogP contribution in [0.25, 0.3) is 0 Å². The van der Waals surface area contributed by atoms with E-state index < -0.39 is 12.1 Å². The first kappa shape index (κ1) is 18.1. The minimum absolute atomic E-state index is 0.115. The summed E-state index contributed by atoms with van der Waals surface area (Å²) >= 11 is 0. The zero-order chi connectivity index (χ0) is 16.2. The van der Waals surface area contributed by atoms with Crippen molar-refractivity contribution in [3.8, 4) is 0 Å². The molecule has 0 radical (unpaired) electrons. The molecule has 0 aliphatic carbocycles. The molecule has 1 rings (SSSR count). The van der Waals surface area contributed by atoms with E-state index in [-0.39, 0.29) is 23.4 Å². The van der Waals surface area contributed by atoms with Gasteiger partial charge in [0.05, 0.1) is 19.3 Å². The predicted octanol–water partition coefficient (Wildman–Crippen LogP) is 2.36. The van der Waals surface area contributed by atoms with Gasteiger partial charge in [-0.2, -0.15) is 0 Å². The van der Waals surface area contributed by atoms with Crippen LogP contribution >= 0.6 is 0 Å². The zero-order valence-corrected chi connectivity index (χ0v) is 14.0. The lowest BCUT2D eigenvalue weighted by Gasteiger charge is -2.47. The molecule has 0 amide bonds. The van der Waals surface area contributed by atoms with Crippen LogP contribution in [0.5, 0.6) is 0 Å². The fourth-order valence-corrected chi connectivity index (χ4v) is 2.78. The van der Waals surface area contributed by atoms with Crippen LogP contribution in [0.15, 0.2) is 0 Å². The molecular weight excluding hydrogens is 272 g/mol. The average molecular weight is 300 g/mol. The monoisotopic (exact) mass is 300 g/mol. The fraction of sp³-hybridized carbons (Fsp3) is 0.875. The summed E-state index contributed by atoms with van der Waals surface area (Å²) in [5, 5.41) is 0. The Morgan fingerprint density at radius 1 is 1.33 bits per heavy atom. The van der Waals surface area contributed by atoms with Gasteiger partial charge in [0.25, 0.3) is 0 Å². The van der Waals surface area contributed by atoms with E-state index in [1.807, 2.05) is 6.92 Å². The Kier molecular flexibility index (Phi) is 6.35. The van der Waals surface area contributed by atoms with Gasteiger partial charge in [-0.25, -0.2) is 4.79 Å². The maximum absolute atomic E-state index is 11.8. The third kappa shape index (κ3) is 4.04. The maximum Gasteiger partial charge on any atom is 0.337 e. The molecule has 0 bridgehead atoms. The van der Waals surface area contributed by atoms with Crippen molar-refractivity contribution in [2.75, 3.05) is 14.2 Å². The third-order valence-electron chi connectivity index (χ3n) is 4.86. The lowest BCUT2D eigenvalue weighted by molar-refractivity contribution is -0.196. The molecule has 4 unspecified atom stereocenters. The molecule has 0 saturated carbocycles. The highest BCUT2D eigenvalue weighted by Gasteiger charge is 2.46. The van der Waals surface area contributed by atoms with E-state index in [9.17, 15) is 9.59 Å². The van der Waals surface area contributed by atoms with Crippen LogP contribution in [0.1, 0.15) is 47.0 Å². The summed E-state index contributed by atoms with van der Waals surface area (Å²) in [5.41, 5.74) is -0.115. The predicted molar refractivity (Wildman–Crippen MR) is 79.0 cm³/mol. The molecule has 5 heteroatoms. The molecule has 122 valence electrons. The van der Waals surface area contributed by atoms with Crippen molar-refractivity contribution in [1.29, 1.82) is 0 Å². The first-order chi connectivity index (χ1) is 9.77. The van der Waals surface area contributed by atoms with Crippen molar-refractivity contribution < 1.29 is 23.8 Å². The Bertz CT molecular complexity index is 377. The highest BCUT2D eigenvalue weighted by Crippen LogP contribution is 2.43. The molecular formula is C16H28O5. The van der Waals surface area contributed by atoms with Gasteiger partial charge >= 0.3 is 5.97 Å². The van der Waals surface area contributed by atoms with Crippen LogP contribution in [-0.2, 0) is 23.8 Å². The van der Waals surface area contributed by atoms with Crippen LogP contribution in [0.2, 0.25) is 0 Å². The normalized spacial score (nSPS) is 29.7. The zero-order valence-electron chi connectivity index (χ0n) is 14.0. The largest absolute Gasteiger partial charge is 0.467 e. The van der Waals surface area contributed by atoms with Crippen molar-refractivity contribution in [2.45, 2.75) is 65.3 Å². The van der Waals surface area contributed by atoms with Crippen LogP contribution in [-0.4, -0.2) is 44.3 Å². The first-order valence-electron chi connectivity index (χ1n) is 7.55. The summed E-state index contributed by atoms with van der Waals surface area (Å²) in [6.45, 7) is 8.21. The Labute approximate surface area is 127 Å². The van der Waals surface area contributed by atoms with Crippen LogP contribution < -0.4 is 0 Å². The van der Waals surface area contributed by atoms with Gasteiger partial charge in [-0.05, 0) is 17.8 Å². The lowest BCUT2D eigenvalue weighted by Crippen LogP contribution is -2.52. The number of carbonyl (C=O) groups is 2. The third-order valence-corrected chi connectivity index (χ3v) is 4.86. The topological polar surface area (TPSA) is 61.8 Å². The number of ketones is 1. The second-order valence-corrected chi connectivity index (χ2v) is 6.40. The second kappa shape index (κ2) is 7.36. The number of hydrogen-bond donors (Lipinski definition) is 0. The highest BCUT2D eigenvalue weighted by molar-refractivity contribution is 5.78. The summed E-state index contributed by atoms with van der Waals surface area (Å²) in [5.74, 6) is 0.0520. The first-order valence-corrected chi connectivity index (χ1v) is 7.55. The van der Waals surface area contributed by atoms with Crippen molar-refractivity contribution >= 4 is 11.8 Å². The summed E-state index contributed by atoms with van der Waals surface area (Å²) in [7, 11) is 2.81. The molecule has 1 saturated heterocycles. The number of carbonyl (C=O) groups excluding carboxylic acids is 2. The van der Waals surface area contributed by atoms with Crippen LogP contribution in [0, 0.1) is 11.3 Å². The molecule has 0 aromatic rings. The van der Waals surface area contributed by atoms with Crippen molar-refractivity contribution in [3.05, 3.63) is 0 Å². The number of esters is 1. The number of hydrogen-bond acceptors (Lipinski definition) is 5. The molecule has 1 aliphatic rings. The van der Waals surface area contributed by atoms with E-state index in [1.165, 1.54) is 14.2 Å².